The van der Waals surface area contributed by atoms with Crippen molar-refractivity contribution in [2.45, 2.75) is 38.5 Å². The number of benzene rings is 1. The minimum atomic E-state index is -0.213. The summed E-state index contributed by atoms with van der Waals surface area (Å²) in [4.78, 5) is 4.70. The SMILES string of the molecule is CCCn1c(C2CC(OC)CN2)nc2ccc(F)cc21. The molecule has 2 unspecified atom stereocenters. The second-order valence-corrected chi connectivity index (χ2v) is 5.31. The van der Waals surface area contributed by atoms with E-state index >= 15 is 0 Å². The third-order valence-corrected chi connectivity index (χ3v) is 3.92. The molecule has 1 fully saturated rings. The van der Waals surface area contributed by atoms with Crippen molar-refractivity contribution in [3.05, 3.63) is 29.8 Å². The molecule has 5 heteroatoms. The van der Waals surface area contributed by atoms with Gasteiger partial charge in [-0.25, -0.2) is 9.37 Å². The molecule has 0 amide bonds. The number of hydrogen-bond donors (Lipinski definition) is 1. The van der Waals surface area contributed by atoms with E-state index in [2.05, 4.69) is 16.8 Å². The molecule has 0 aliphatic carbocycles. The van der Waals surface area contributed by atoms with E-state index in [0.29, 0.717) is 0 Å². The van der Waals surface area contributed by atoms with Crippen LogP contribution in [0.2, 0.25) is 0 Å². The molecule has 2 heterocycles. The van der Waals surface area contributed by atoms with Crippen LogP contribution in [0, 0.1) is 5.82 Å². The zero-order valence-corrected chi connectivity index (χ0v) is 11.9. The van der Waals surface area contributed by atoms with Crippen LogP contribution >= 0.6 is 0 Å². The summed E-state index contributed by atoms with van der Waals surface area (Å²) in [5.74, 6) is 0.780. The molecular weight excluding hydrogens is 257 g/mol. The van der Waals surface area contributed by atoms with Gasteiger partial charge in [-0.15, -0.1) is 0 Å². The molecule has 0 spiro atoms. The summed E-state index contributed by atoms with van der Waals surface area (Å²) in [6.07, 6.45) is 2.13. The molecule has 1 aliphatic heterocycles. The number of fused-ring (bicyclic) bond motifs is 1. The summed E-state index contributed by atoms with van der Waals surface area (Å²) in [5.41, 5.74) is 1.74. The Balaban J connectivity index is 2.03. The lowest BCUT2D eigenvalue weighted by molar-refractivity contribution is 0.117. The summed E-state index contributed by atoms with van der Waals surface area (Å²) >= 11 is 0. The number of nitrogens with zero attached hydrogens (tertiary/aromatic N) is 2. The summed E-state index contributed by atoms with van der Waals surface area (Å²) in [5, 5.41) is 3.45. The van der Waals surface area contributed by atoms with Gasteiger partial charge in [-0.1, -0.05) is 6.92 Å². The van der Waals surface area contributed by atoms with Crippen molar-refractivity contribution >= 4 is 11.0 Å². The maximum absolute atomic E-state index is 13.5. The monoisotopic (exact) mass is 277 g/mol. The molecule has 2 aromatic rings. The van der Waals surface area contributed by atoms with Gasteiger partial charge in [0.25, 0.3) is 0 Å². The van der Waals surface area contributed by atoms with Crippen molar-refractivity contribution in [3.8, 4) is 0 Å². The largest absolute Gasteiger partial charge is 0.380 e. The van der Waals surface area contributed by atoms with Gasteiger partial charge in [-0.05, 0) is 31.0 Å². The summed E-state index contributed by atoms with van der Waals surface area (Å²) in [6.45, 7) is 3.81. The van der Waals surface area contributed by atoms with Gasteiger partial charge in [-0.3, -0.25) is 0 Å². The Morgan fingerprint density at radius 3 is 3.05 bits per heavy atom. The Morgan fingerprint density at radius 1 is 1.50 bits per heavy atom. The minimum absolute atomic E-state index is 0.182. The smallest absolute Gasteiger partial charge is 0.127 e. The van der Waals surface area contributed by atoms with Crippen molar-refractivity contribution in [3.63, 3.8) is 0 Å². The number of aryl methyl sites for hydroxylation is 1. The van der Waals surface area contributed by atoms with E-state index in [1.54, 1.807) is 19.2 Å². The number of hydrogen-bond acceptors (Lipinski definition) is 3. The number of halogens is 1. The van der Waals surface area contributed by atoms with Gasteiger partial charge in [0.15, 0.2) is 0 Å². The maximum atomic E-state index is 13.5. The second-order valence-electron chi connectivity index (χ2n) is 5.31. The Hall–Kier alpha value is -1.46. The van der Waals surface area contributed by atoms with Gasteiger partial charge in [0.05, 0.1) is 23.2 Å². The highest BCUT2D eigenvalue weighted by atomic mass is 19.1. The minimum Gasteiger partial charge on any atom is -0.380 e. The van der Waals surface area contributed by atoms with Crippen LogP contribution in [-0.4, -0.2) is 29.3 Å². The molecule has 3 rings (SSSR count). The molecule has 1 aliphatic rings. The van der Waals surface area contributed by atoms with Gasteiger partial charge in [0.2, 0.25) is 0 Å². The molecule has 2 atom stereocenters. The van der Waals surface area contributed by atoms with Crippen molar-refractivity contribution < 1.29 is 9.13 Å². The van der Waals surface area contributed by atoms with Gasteiger partial charge in [-0.2, -0.15) is 0 Å². The third kappa shape index (κ3) is 2.31. The van der Waals surface area contributed by atoms with Crippen molar-refractivity contribution in [1.29, 1.82) is 0 Å². The predicted octanol–water partition coefficient (Wildman–Crippen LogP) is 2.63. The Kier molecular flexibility index (Phi) is 3.72. The Morgan fingerprint density at radius 2 is 2.35 bits per heavy atom. The molecule has 4 nitrogen and oxygen atoms in total. The molecule has 108 valence electrons. The van der Waals surface area contributed by atoms with E-state index in [-0.39, 0.29) is 18.0 Å². The molecule has 1 N–H and O–H groups in total. The van der Waals surface area contributed by atoms with Crippen LogP contribution in [0.5, 0.6) is 0 Å². The standard InChI is InChI=1S/C15H20FN3O/c1-3-6-19-14-7-10(16)4-5-12(14)18-15(19)13-8-11(20-2)9-17-13/h4-5,7,11,13,17H,3,6,8-9H2,1-2H3. The fourth-order valence-corrected chi connectivity index (χ4v) is 2.92. The number of nitrogens with one attached hydrogen (secondary N) is 1. The first-order chi connectivity index (χ1) is 9.72. The lowest BCUT2D eigenvalue weighted by Crippen LogP contribution is -2.19. The third-order valence-electron chi connectivity index (χ3n) is 3.92. The lowest BCUT2D eigenvalue weighted by atomic mass is 10.2. The quantitative estimate of drug-likeness (QED) is 0.933. The normalized spacial score (nSPS) is 22.8. The number of methoxy groups -OCH3 is 1. The van der Waals surface area contributed by atoms with E-state index in [0.717, 1.165) is 42.8 Å². The molecule has 0 bridgehead atoms. The van der Waals surface area contributed by atoms with Gasteiger partial charge in [0, 0.05) is 20.2 Å². The average molecular weight is 277 g/mol. The van der Waals surface area contributed by atoms with Crippen LogP contribution in [0.25, 0.3) is 11.0 Å². The first kappa shape index (κ1) is 13.5. The Labute approximate surface area is 117 Å². The van der Waals surface area contributed by atoms with E-state index in [1.165, 1.54) is 6.07 Å². The first-order valence-electron chi connectivity index (χ1n) is 7.14. The maximum Gasteiger partial charge on any atom is 0.127 e. The fraction of sp³-hybridized carbons (Fsp3) is 0.533. The van der Waals surface area contributed by atoms with Crippen molar-refractivity contribution in [2.75, 3.05) is 13.7 Å². The molecule has 0 radical (unpaired) electrons. The van der Waals surface area contributed by atoms with E-state index in [1.807, 2.05) is 0 Å². The van der Waals surface area contributed by atoms with Gasteiger partial charge in [0.1, 0.15) is 11.6 Å². The van der Waals surface area contributed by atoms with Crippen molar-refractivity contribution in [2.24, 2.45) is 0 Å². The highest BCUT2D eigenvalue weighted by Gasteiger charge is 2.29. The second kappa shape index (κ2) is 5.50. The topological polar surface area (TPSA) is 39.1 Å². The van der Waals surface area contributed by atoms with Crippen LogP contribution in [0.3, 0.4) is 0 Å². The average Bonchev–Trinajstić information content (AvgIpc) is 3.04. The van der Waals surface area contributed by atoms with E-state index in [4.69, 9.17) is 9.72 Å². The number of ether oxygens (including phenoxy) is 1. The Bertz CT molecular complexity index is 610. The fourth-order valence-electron chi connectivity index (χ4n) is 2.92. The predicted molar refractivity (Wildman–Crippen MR) is 76.1 cm³/mol. The van der Waals surface area contributed by atoms with Crippen LogP contribution in [0.1, 0.15) is 31.6 Å². The first-order valence-corrected chi connectivity index (χ1v) is 7.14. The summed E-state index contributed by atoms with van der Waals surface area (Å²) in [7, 11) is 1.74. The zero-order chi connectivity index (χ0) is 14.1. The molecule has 1 aromatic carbocycles. The van der Waals surface area contributed by atoms with E-state index < -0.39 is 0 Å². The molecule has 20 heavy (non-hydrogen) atoms. The zero-order valence-electron chi connectivity index (χ0n) is 11.9. The van der Waals surface area contributed by atoms with Crippen LogP contribution < -0.4 is 5.32 Å². The number of imidazole rings is 1. The molecular formula is C15H20FN3O. The van der Waals surface area contributed by atoms with Crippen LogP contribution in [-0.2, 0) is 11.3 Å². The summed E-state index contributed by atoms with van der Waals surface area (Å²) in [6, 6.07) is 4.98. The highest BCUT2D eigenvalue weighted by molar-refractivity contribution is 5.76. The van der Waals surface area contributed by atoms with Crippen LogP contribution in [0.4, 0.5) is 4.39 Å². The molecule has 1 aromatic heterocycles. The van der Waals surface area contributed by atoms with Crippen molar-refractivity contribution in [1.82, 2.24) is 14.9 Å². The molecule has 1 saturated heterocycles. The summed E-state index contributed by atoms with van der Waals surface area (Å²) < 4.78 is 21.0. The van der Waals surface area contributed by atoms with E-state index in [9.17, 15) is 4.39 Å². The van der Waals surface area contributed by atoms with Gasteiger partial charge >= 0.3 is 0 Å². The highest BCUT2D eigenvalue weighted by Crippen LogP contribution is 2.28. The number of aromatic nitrogens is 2. The van der Waals surface area contributed by atoms with Gasteiger partial charge < -0.3 is 14.6 Å². The van der Waals surface area contributed by atoms with Crippen LogP contribution in [0.15, 0.2) is 18.2 Å². The number of rotatable bonds is 4. The lowest BCUT2D eigenvalue weighted by Gasteiger charge is -2.13. The molecule has 0 saturated carbocycles.